The van der Waals surface area contributed by atoms with Gasteiger partial charge in [0.15, 0.2) is 5.60 Å². The standard InChI is InChI=1S/C23H20BrNO3.C3H4F3NO/c1-27-19-13-25-14-20-21(19)22(26)12-11-18(15-5-3-2-4-6-15)23(22,28-20)16-7-9-17(24)10-8-16;4-3(5,6)1-7-2-8/h2-10,13-14,18,26H,11-12H2,1H3;2H,1H2,(H,7,8). The topological polar surface area (TPSA) is 80.7 Å². The summed E-state index contributed by atoms with van der Waals surface area (Å²) >= 11 is 3.52. The summed E-state index contributed by atoms with van der Waals surface area (Å²) in [6.45, 7) is -1.25. The van der Waals surface area contributed by atoms with Crippen molar-refractivity contribution in [1.29, 1.82) is 0 Å². The van der Waals surface area contributed by atoms with Gasteiger partial charge in [-0.2, -0.15) is 13.2 Å². The second kappa shape index (κ2) is 10.1. The number of amides is 1. The molecule has 3 atom stereocenters. The molecule has 0 spiro atoms. The Kier molecular flexibility index (Phi) is 7.28. The van der Waals surface area contributed by atoms with E-state index in [1.54, 1.807) is 19.5 Å². The molecule has 1 aromatic heterocycles. The lowest BCUT2D eigenvalue weighted by atomic mass is 9.72. The minimum absolute atomic E-state index is 0.00279. The molecule has 1 fully saturated rings. The second-order valence-electron chi connectivity index (χ2n) is 8.54. The van der Waals surface area contributed by atoms with Crippen molar-refractivity contribution in [2.24, 2.45) is 0 Å². The molecule has 2 aliphatic rings. The van der Waals surface area contributed by atoms with Gasteiger partial charge in [0.05, 0.1) is 25.1 Å². The first-order valence-corrected chi connectivity index (χ1v) is 11.9. The fraction of sp³-hybridized carbons (Fsp3) is 0.308. The SMILES string of the molecule is COc1cncc2c1C1(O)CCC(c3ccccc3)C1(c1ccc(Br)cc1)O2.O=CNCC(F)(F)F. The van der Waals surface area contributed by atoms with Crippen LogP contribution in [0, 0.1) is 0 Å². The van der Waals surface area contributed by atoms with E-state index in [1.165, 1.54) is 5.32 Å². The Morgan fingerprint density at radius 2 is 1.89 bits per heavy atom. The first-order valence-electron chi connectivity index (χ1n) is 11.1. The first kappa shape index (κ1) is 26.0. The molecule has 1 saturated carbocycles. The number of halogens is 4. The maximum Gasteiger partial charge on any atom is 0.405 e. The van der Waals surface area contributed by atoms with Crippen molar-refractivity contribution in [3.63, 3.8) is 0 Å². The number of aliphatic hydroxyl groups is 1. The van der Waals surface area contributed by atoms with Gasteiger partial charge in [-0.3, -0.25) is 9.78 Å². The number of ether oxygens (including phenoxy) is 2. The van der Waals surface area contributed by atoms with Crippen LogP contribution >= 0.6 is 15.9 Å². The van der Waals surface area contributed by atoms with Gasteiger partial charge < -0.3 is 19.9 Å². The molecule has 1 amide bonds. The van der Waals surface area contributed by atoms with Gasteiger partial charge in [0.1, 0.15) is 23.6 Å². The predicted molar refractivity (Wildman–Crippen MR) is 130 cm³/mol. The number of benzene rings is 2. The molecule has 10 heteroatoms. The van der Waals surface area contributed by atoms with Gasteiger partial charge in [-0.05, 0) is 36.1 Å². The Balaban J connectivity index is 0.000000331. The largest absolute Gasteiger partial charge is 0.495 e. The van der Waals surface area contributed by atoms with Crippen LogP contribution in [0.4, 0.5) is 13.2 Å². The van der Waals surface area contributed by atoms with Gasteiger partial charge in [-0.25, -0.2) is 0 Å². The number of pyridine rings is 1. The monoisotopic (exact) mass is 564 g/mol. The van der Waals surface area contributed by atoms with Crippen LogP contribution in [-0.4, -0.2) is 36.3 Å². The molecule has 190 valence electrons. The van der Waals surface area contributed by atoms with Crippen LogP contribution < -0.4 is 14.8 Å². The Bertz CT molecular complexity index is 1210. The number of fused-ring (bicyclic) bond motifs is 3. The number of nitrogens with zero attached hydrogens (tertiary/aromatic N) is 1. The van der Waals surface area contributed by atoms with Crippen LogP contribution in [0.2, 0.25) is 0 Å². The number of aromatic nitrogens is 1. The smallest absolute Gasteiger partial charge is 0.405 e. The lowest BCUT2D eigenvalue weighted by Crippen LogP contribution is -2.48. The molecular formula is C26H24BrF3N2O4. The van der Waals surface area contributed by atoms with Crippen LogP contribution in [0.25, 0.3) is 0 Å². The number of hydrogen-bond donors (Lipinski definition) is 2. The second-order valence-corrected chi connectivity index (χ2v) is 9.45. The van der Waals surface area contributed by atoms with Gasteiger partial charge in [0.25, 0.3) is 0 Å². The van der Waals surface area contributed by atoms with Crippen LogP contribution in [0.5, 0.6) is 11.5 Å². The molecule has 2 N–H and O–H groups in total. The van der Waals surface area contributed by atoms with Gasteiger partial charge in [-0.15, -0.1) is 0 Å². The summed E-state index contributed by atoms with van der Waals surface area (Å²) in [5, 5.41) is 13.6. The Morgan fingerprint density at radius 3 is 2.47 bits per heavy atom. The minimum atomic E-state index is -4.29. The molecule has 3 unspecified atom stereocenters. The Hall–Kier alpha value is -3.11. The molecule has 2 aromatic carbocycles. The van der Waals surface area contributed by atoms with Crippen molar-refractivity contribution in [2.75, 3.05) is 13.7 Å². The zero-order chi connectivity index (χ0) is 26.0. The van der Waals surface area contributed by atoms with Crippen LogP contribution in [0.3, 0.4) is 0 Å². The fourth-order valence-corrected chi connectivity index (χ4v) is 5.44. The van der Waals surface area contributed by atoms with E-state index in [4.69, 9.17) is 9.47 Å². The summed E-state index contributed by atoms with van der Waals surface area (Å²) in [5.41, 5.74) is 0.661. The summed E-state index contributed by atoms with van der Waals surface area (Å²) in [6.07, 6.45) is 0.427. The summed E-state index contributed by atoms with van der Waals surface area (Å²) in [7, 11) is 1.60. The molecule has 0 bridgehead atoms. The highest BCUT2D eigenvalue weighted by Gasteiger charge is 2.69. The molecule has 5 rings (SSSR count). The zero-order valence-electron chi connectivity index (χ0n) is 19.3. The Labute approximate surface area is 214 Å². The van der Waals surface area contributed by atoms with Crippen molar-refractivity contribution in [1.82, 2.24) is 10.3 Å². The molecule has 1 aliphatic carbocycles. The zero-order valence-corrected chi connectivity index (χ0v) is 20.8. The van der Waals surface area contributed by atoms with Gasteiger partial charge in [0, 0.05) is 10.4 Å². The highest BCUT2D eigenvalue weighted by atomic mass is 79.9. The third-order valence-electron chi connectivity index (χ3n) is 6.54. The van der Waals surface area contributed by atoms with Gasteiger partial charge >= 0.3 is 6.18 Å². The van der Waals surface area contributed by atoms with Crippen molar-refractivity contribution < 1.29 is 32.5 Å². The molecule has 1 aliphatic heterocycles. The maximum absolute atomic E-state index is 12.2. The van der Waals surface area contributed by atoms with E-state index in [2.05, 4.69) is 33.0 Å². The van der Waals surface area contributed by atoms with E-state index in [1.807, 2.05) is 42.5 Å². The van der Waals surface area contributed by atoms with E-state index < -0.39 is 23.9 Å². The molecule has 2 heterocycles. The van der Waals surface area contributed by atoms with Crippen molar-refractivity contribution in [2.45, 2.75) is 36.1 Å². The summed E-state index contributed by atoms with van der Waals surface area (Å²) < 4.78 is 46.3. The van der Waals surface area contributed by atoms with E-state index in [-0.39, 0.29) is 12.3 Å². The van der Waals surface area contributed by atoms with E-state index in [0.29, 0.717) is 23.5 Å². The molecule has 6 nitrogen and oxygen atoms in total. The molecule has 0 saturated heterocycles. The molecule has 3 aromatic rings. The number of nitrogens with one attached hydrogen (secondary N) is 1. The van der Waals surface area contributed by atoms with Gasteiger partial charge in [-0.1, -0.05) is 58.4 Å². The Morgan fingerprint density at radius 1 is 1.19 bits per heavy atom. The molecular weight excluding hydrogens is 541 g/mol. The number of alkyl halides is 3. The predicted octanol–water partition coefficient (Wildman–Crippen LogP) is 5.20. The number of carbonyl (C=O) groups is 1. The highest BCUT2D eigenvalue weighted by Crippen LogP contribution is 2.67. The average molecular weight is 565 g/mol. The highest BCUT2D eigenvalue weighted by molar-refractivity contribution is 9.10. The third-order valence-corrected chi connectivity index (χ3v) is 7.07. The first-order chi connectivity index (χ1) is 17.2. The number of hydrogen-bond acceptors (Lipinski definition) is 5. The molecule has 0 radical (unpaired) electrons. The quantitative estimate of drug-likeness (QED) is 0.416. The molecule has 36 heavy (non-hydrogen) atoms. The third kappa shape index (κ3) is 4.55. The fourth-order valence-electron chi connectivity index (χ4n) is 5.17. The van der Waals surface area contributed by atoms with Crippen molar-refractivity contribution in [3.05, 3.63) is 88.2 Å². The number of methoxy groups -OCH3 is 1. The number of carbonyl (C=O) groups excluding carboxylic acids is 1. The summed E-state index contributed by atoms with van der Waals surface area (Å²) in [6, 6.07) is 18.3. The maximum atomic E-state index is 12.2. The van der Waals surface area contributed by atoms with Crippen molar-refractivity contribution >= 4 is 22.3 Å². The van der Waals surface area contributed by atoms with Crippen LogP contribution in [0.15, 0.2) is 71.5 Å². The van der Waals surface area contributed by atoms with E-state index >= 15 is 0 Å². The minimum Gasteiger partial charge on any atom is -0.495 e. The van der Waals surface area contributed by atoms with Crippen molar-refractivity contribution in [3.8, 4) is 11.5 Å². The van der Waals surface area contributed by atoms with Gasteiger partial charge in [0.2, 0.25) is 6.41 Å². The van der Waals surface area contributed by atoms with E-state index in [9.17, 15) is 23.1 Å². The van der Waals surface area contributed by atoms with Crippen LogP contribution in [-0.2, 0) is 16.0 Å². The summed E-state index contributed by atoms with van der Waals surface area (Å²) in [5.74, 6) is 1.15. The van der Waals surface area contributed by atoms with E-state index in [0.717, 1.165) is 22.0 Å². The lowest BCUT2D eigenvalue weighted by molar-refractivity contribution is -0.132. The average Bonchev–Trinajstić information content (AvgIpc) is 3.30. The number of rotatable bonds is 5. The van der Waals surface area contributed by atoms with Crippen LogP contribution in [0.1, 0.15) is 35.4 Å². The summed E-state index contributed by atoms with van der Waals surface area (Å²) in [4.78, 5) is 13.5. The normalized spacial score (nSPS) is 24.0. The lowest BCUT2D eigenvalue weighted by Gasteiger charge is -2.40.